The summed E-state index contributed by atoms with van der Waals surface area (Å²) in [4.78, 5) is 4.52. The largest absolute Gasteiger partial charge is 0.368 e. The number of hydrogen-bond acceptors (Lipinski definition) is 3. The quantitative estimate of drug-likeness (QED) is 0.790. The van der Waals surface area contributed by atoms with Crippen LogP contribution in [0, 0.1) is 5.82 Å². The Labute approximate surface area is 122 Å². The van der Waals surface area contributed by atoms with Gasteiger partial charge in [-0.15, -0.1) is 0 Å². The van der Waals surface area contributed by atoms with Gasteiger partial charge in [-0.05, 0) is 58.3 Å². The van der Waals surface area contributed by atoms with Gasteiger partial charge < -0.3 is 15.1 Å². The van der Waals surface area contributed by atoms with Crippen LogP contribution in [0.25, 0.3) is 0 Å². The highest BCUT2D eigenvalue weighted by Gasteiger charge is 2.17. The molecule has 0 aliphatic rings. The van der Waals surface area contributed by atoms with Crippen molar-refractivity contribution in [3.05, 3.63) is 29.6 Å². The third-order valence-electron chi connectivity index (χ3n) is 3.42. The van der Waals surface area contributed by atoms with E-state index >= 15 is 0 Å². The van der Waals surface area contributed by atoms with E-state index < -0.39 is 0 Å². The van der Waals surface area contributed by atoms with Crippen LogP contribution < -0.4 is 10.2 Å². The van der Waals surface area contributed by atoms with Gasteiger partial charge in [-0.1, -0.05) is 6.92 Å². The number of nitrogens with one attached hydrogen (secondary N) is 1. The van der Waals surface area contributed by atoms with Crippen LogP contribution in [0.15, 0.2) is 18.2 Å². The van der Waals surface area contributed by atoms with Crippen molar-refractivity contribution in [1.29, 1.82) is 0 Å². The van der Waals surface area contributed by atoms with E-state index in [-0.39, 0.29) is 5.82 Å². The molecule has 0 radical (unpaired) electrons. The van der Waals surface area contributed by atoms with Crippen molar-refractivity contribution >= 4 is 5.69 Å². The number of halogens is 1. The average molecular weight is 281 g/mol. The smallest absolute Gasteiger partial charge is 0.123 e. The van der Waals surface area contributed by atoms with Gasteiger partial charge in [0.25, 0.3) is 0 Å². The molecule has 0 aliphatic heterocycles. The number of hydrogen-bond donors (Lipinski definition) is 1. The Bertz CT molecular complexity index is 407. The summed E-state index contributed by atoms with van der Waals surface area (Å²) < 4.78 is 13.5. The molecule has 20 heavy (non-hydrogen) atoms. The predicted molar refractivity (Wildman–Crippen MR) is 84.8 cm³/mol. The molecular weight excluding hydrogens is 253 g/mol. The monoisotopic (exact) mass is 281 g/mol. The molecule has 3 nitrogen and oxygen atoms in total. The maximum Gasteiger partial charge on any atom is 0.123 e. The highest BCUT2D eigenvalue weighted by Crippen LogP contribution is 2.24. The minimum Gasteiger partial charge on any atom is -0.368 e. The molecule has 0 amide bonds. The van der Waals surface area contributed by atoms with Crippen molar-refractivity contribution in [3.63, 3.8) is 0 Å². The zero-order valence-electron chi connectivity index (χ0n) is 13.4. The van der Waals surface area contributed by atoms with Gasteiger partial charge in [-0.25, -0.2) is 4.39 Å². The van der Waals surface area contributed by atoms with Gasteiger partial charge in [-0.3, -0.25) is 0 Å². The summed E-state index contributed by atoms with van der Waals surface area (Å²) in [7, 11) is 4.16. The Morgan fingerprint density at radius 3 is 2.50 bits per heavy atom. The summed E-state index contributed by atoms with van der Waals surface area (Å²) in [5, 5.41) is 3.29. The van der Waals surface area contributed by atoms with Gasteiger partial charge in [0.1, 0.15) is 5.82 Å². The predicted octanol–water partition coefficient (Wildman–Crippen LogP) is 2.71. The Morgan fingerprint density at radius 2 is 1.95 bits per heavy atom. The maximum atomic E-state index is 13.5. The number of rotatable bonds is 8. The van der Waals surface area contributed by atoms with Crippen molar-refractivity contribution in [2.75, 3.05) is 38.6 Å². The minimum atomic E-state index is -0.169. The van der Waals surface area contributed by atoms with E-state index in [0.29, 0.717) is 12.6 Å². The first kappa shape index (κ1) is 16.9. The second kappa shape index (κ2) is 8.22. The molecule has 1 rings (SSSR count). The fourth-order valence-corrected chi connectivity index (χ4v) is 2.58. The highest BCUT2D eigenvalue weighted by molar-refractivity contribution is 5.54. The average Bonchev–Trinajstić information content (AvgIpc) is 2.38. The first-order chi connectivity index (χ1) is 9.49. The molecule has 4 heteroatoms. The molecule has 1 aromatic carbocycles. The molecule has 0 heterocycles. The zero-order chi connectivity index (χ0) is 15.1. The zero-order valence-corrected chi connectivity index (χ0v) is 13.4. The summed E-state index contributed by atoms with van der Waals surface area (Å²) in [6.45, 7) is 9.90. The standard InChI is InChI=1S/C16H28FN3/c1-6-18-11-14-10-15(17)8-9-16(14)20(7-2)13(3)12-19(4)5/h8-10,13,18H,6-7,11-12H2,1-5H3. The lowest BCUT2D eigenvalue weighted by Gasteiger charge is -2.33. The molecule has 0 spiro atoms. The van der Waals surface area contributed by atoms with E-state index in [4.69, 9.17) is 0 Å². The fourth-order valence-electron chi connectivity index (χ4n) is 2.58. The van der Waals surface area contributed by atoms with Gasteiger partial charge in [0, 0.05) is 31.4 Å². The molecule has 0 aliphatic carbocycles. The van der Waals surface area contributed by atoms with Crippen LogP contribution in [0.5, 0.6) is 0 Å². The Balaban J connectivity index is 3.00. The topological polar surface area (TPSA) is 18.5 Å². The number of likely N-dealkylation sites (N-methyl/N-ethyl adjacent to an activating group) is 2. The number of benzene rings is 1. The van der Waals surface area contributed by atoms with Gasteiger partial charge in [0.05, 0.1) is 0 Å². The molecule has 1 aromatic rings. The summed E-state index contributed by atoms with van der Waals surface area (Å²) in [6.07, 6.45) is 0. The van der Waals surface area contributed by atoms with E-state index in [2.05, 4.69) is 50.0 Å². The van der Waals surface area contributed by atoms with Crippen LogP contribution in [-0.2, 0) is 6.54 Å². The van der Waals surface area contributed by atoms with E-state index in [1.54, 1.807) is 12.1 Å². The molecular formula is C16H28FN3. The van der Waals surface area contributed by atoms with Gasteiger partial charge >= 0.3 is 0 Å². The SMILES string of the molecule is CCNCc1cc(F)ccc1N(CC)C(C)CN(C)C. The molecule has 0 bridgehead atoms. The van der Waals surface area contributed by atoms with Crippen LogP contribution in [0.3, 0.4) is 0 Å². The lowest BCUT2D eigenvalue weighted by molar-refractivity contribution is 0.372. The van der Waals surface area contributed by atoms with Crippen molar-refractivity contribution in [2.24, 2.45) is 0 Å². The normalized spacial score (nSPS) is 12.8. The third kappa shape index (κ3) is 4.76. The molecule has 0 fully saturated rings. The molecule has 1 N–H and O–H groups in total. The van der Waals surface area contributed by atoms with Gasteiger partial charge in [-0.2, -0.15) is 0 Å². The van der Waals surface area contributed by atoms with Crippen molar-refractivity contribution in [2.45, 2.75) is 33.4 Å². The summed E-state index contributed by atoms with van der Waals surface area (Å²) in [6, 6.07) is 5.48. The Morgan fingerprint density at radius 1 is 1.25 bits per heavy atom. The van der Waals surface area contributed by atoms with Crippen LogP contribution >= 0.6 is 0 Å². The fraction of sp³-hybridized carbons (Fsp3) is 0.625. The van der Waals surface area contributed by atoms with Crippen LogP contribution in [0.2, 0.25) is 0 Å². The Kier molecular flexibility index (Phi) is 6.96. The summed E-state index contributed by atoms with van der Waals surface area (Å²) in [5.41, 5.74) is 2.16. The van der Waals surface area contributed by atoms with E-state index in [9.17, 15) is 4.39 Å². The van der Waals surface area contributed by atoms with Crippen molar-refractivity contribution < 1.29 is 4.39 Å². The molecule has 0 saturated heterocycles. The van der Waals surface area contributed by atoms with Gasteiger partial charge in [0.2, 0.25) is 0 Å². The first-order valence-corrected chi connectivity index (χ1v) is 7.40. The van der Waals surface area contributed by atoms with Crippen molar-refractivity contribution in [3.8, 4) is 0 Å². The highest BCUT2D eigenvalue weighted by atomic mass is 19.1. The minimum absolute atomic E-state index is 0.169. The molecule has 1 unspecified atom stereocenters. The van der Waals surface area contributed by atoms with Crippen LogP contribution in [-0.4, -0.2) is 44.7 Å². The Hall–Kier alpha value is -1.13. The molecule has 1 atom stereocenters. The third-order valence-corrected chi connectivity index (χ3v) is 3.42. The lowest BCUT2D eigenvalue weighted by atomic mass is 10.1. The number of nitrogens with zero attached hydrogens (tertiary/aromatic N) is 2. The van der Waals surface area contributed by atoms with Crippen LogP contribution in [0.1, 0.15) is 26.3 Å². The van der Waals surface area contributed by atoms with Crippen LogP contribution in [0.4, 0.5) is 10.1 Å². The lowest BCUT2D eigenvalue weighted by Crippen LogP contribution is -2.40. The summed E-state index contributed by atoms with van der Waals surface area (Å²) >= 11 is 0. The van der Waals surface area contributed by atoms with E-state index in [1.807, 2.05) is 6.07 Å². The van der Waals surface area contributed by atoms with Crippen molar-refractivity contribution in [1.82, 2.24) is 10.2 Å². The van der Waals surface area contributed by atoms with E-state index in [0.717, 1.165) is 30.9 Å². The second-order valence-corrected chi connectivity index (χ2v) is 5.45. The van der Waals surface area contributed by atoms with E-state index in [1.165, 1.54) is 0 Å². The van der Waals surface area contributed by atoms with Gasteiger partial charge in [0.15, 0.2) is 0 Å². The first-order valence-electron chi connectivity index (χ1n) is 7.40. The number of anilines is 1. The molecule has 0 saturated carbocycles. The maximum absolute atomic E-state index is 13.5. The molecule has 0 aromatic heterocycles. The summed E-state index contributed by atoms with van der Waals surface area (Å²) in [5.74, 6) is -0.169. The second-order valence-electron chi connectivity index (χ2n) is 5.45. The molecule has 114 valence electrons.